The predicted octanol–water partition coefficient (Wildman–Crippen LogP) is 3.08. The van der Waals surface area contributed by atoms with Gasteiger partial charge in [-0.25, -0.2) is 9.78 Å². The molecule has 0 radical (unpaired) electrons. The fourth-order valence-electron chi connectivity index (χ4n) is 2.67. The van der Waals surface area contributed by atoms with E-state index in [1.54, 1.807) is 0 Å². The van der Waals surface area contributed by atoms with Gasteiger partial charge in [-0.05, 0) is 25.0 Å². The van der Waals surface area contributed by atoms with E-state index in [2.05, 4.69) is 15.6 Å². The van der Waals surface area contributed by atoms with Crippen LogP contribution in [0.3, 0.4) is 0 Å². The third-order valence-electron chi connectivity index (χ3n) is 3.79. The van der Waals surface area contributed by atoms with Crippen molar-refractivity contribution in [3.63, 3.8) is 0 Å². The molecule has 0 bridgehead atoms. The number of hydrogen-bond donors (Lipinski definition) is 2. The minimum atomic E-state index is -0.417. The third kappa shape index (κ3) is 4.48. The summed E-state index contributed by atoms with van der Waals surface area (Å²) in [6, 6.07) is 7.18. The van der Waals surface area contributed by atoms with Crippen LogP contribution < -0.4 is 10.6 Å². The SMILES string of the molecule is O=C(CSc1nc2ccccc2o1)NC(=O)NC1CCCCC1. The van der Waals surface area contributed by atoms with E-state index >= 15 is 0 Å². The summed E-state index contributed by atoms with van der Waals surface area (Å²) in [6.07, 6.45) is 5.46. The molecule has 1 heterocycles. The molecular weight excluding hydrogens is 314 g/mol. The van der Waals surface area contributed by atoms with Gasteiger partial charge in [-0.2, -0.15) is 0 Å². The molecule has 3 rings (SSSR count). The van der Waals surface area contributed by atoms with Crippen LogP contribution in [0.4, 0.5) is 4.79 Å². The number of imide groups is 1. The van der Waals surface area contributed by atoms with Crippen LogP contribution in [0, 0.1) is 0 Å². The Morgan fingerprint density at radius 3 is 2.78 bits per heavy atom. The van der Waals surface area contributed by atoms with Crippen LogP contribution in [0.15, 0.2) is 33.9 Å². The Morgan fingerprint density at radius 2 is 2.00 bits per heavy atom. The minimum absolute atomic E-state index is 0.0882. The molecule has 0 spiro atoms. The molecular formula is C16H19N3O3S. The number of nitrogens with zero attached hydrogens (tertiary/aromatic N) is 1. The average molecular weight is 333 g/mol. The van der Waals surface area contributed by atoms with Crippen molar-refractivity contribution in [3.8, 4) is 0 Å². The van der Waals surface area contributed by atoms with Crippen LogP contribution in [0.2, 0.25) is 0 Å². The molecule has 2 aromatic rings. The van der Waals surface area contributed by atoms with Crippen LogP contribution in [0.5, 0.6) is 0 Å². The number of rotatable bonds is 4. The van der Waals surface area contributed by atoms with Crippen molar-refractivity contribution in [3.05, 3.63) is 24.3 Å². The second-order valence-electron chi connectivity index (χ2n) is 5.59. The second-order valence-corrected chi connectivity index (χ2v) is 6.52. The lowest BCUT2D eigenvalue weighted by Crippen LogP contribution is -2.45. The summed E-state index contributed by atoms with van der Waals surface area (Å²) >= 11 is 1.17. The number of para-hydroxylation sites is 2. The lowest BCUT2D eigenvalue weighted by molar-refractivity contribution is -0.117. The Bertz CT molecular complexity index is 662. The Kier molecular flexibility index (Phi) is 5.17. The molecule has 7 heteroatoms. The number of aromatic nitrogens is 1. The van der Waals surface area contributed by atoms with E-state index in [1.165, 1.54) is 18.2 Å². The number of carbonyl (C=O) groups excluding carboxylic acids is 2. The molecule has 3 amide bonds. The molecule has 1 fully saturated rings. The molecule has 23 heavy (non-hydrogen) atoms. The first-order valence-electron chi connectivity index (χ1n) is 7.79. The smallest absolute Gasteiger partial charge is 0.321 e. The fraction of sp³-hybridized carbons (Fsp3) is 0.438. The Labute approximate surface area is 138 Å². The standard InChI is InChI=1S/C16H19N3O3S/c20-14(19-15(21)17-11-6-2-1-3-7-11)10-23-16-18-12-8-4-5-9-13(12)22-16/h4-5,8-9,11H,1-3,6-7,10H2,(H2,17,19,20,21). The minimum Gasteiger partial charge on any atom is -0.431 e. The number of urea groups is 1. The largest absolute Gasteiger partial charge is 0.431 e. The summed E-state index contributed by atoms with van der Waals surface area (Å²) in [5, 5.41) is 5.63. The summed E-state index contributed by atoms with van der Waals surface area (Å²) in [5.41, 5.74) is 1.44. The number of nitrogens with one attached hydrogen (secondary N) is 2. The molecule has 0 unspecified atom stereocenters. The summed E-state index contributed by atoms with van der Waals surface area (Å²) in [5.74, 6) is -0.268. The summed E-state index contributed by atoms with van der Waals surface area (Å²) in [7, 11) is 0. The van der Waals surface area contributed by atoms with Crippen molar-refractivity contribution in [2.75, 3.05) is 5.75 Å². The predicted molar refractivity (Wildman–Crippen MR) is 88.3 cm³/mol. The quantitative estimate of drug-likeness (QED) is 0.840. The summed E-state index contributed by atoms with van der Waals surface area (Å²) in [4.78, 5) is 27.9. The van der Waals surface area contributed by atoms with Gasteiger partial charge in [0, 0.05) is 6.04 Å². The Morgan fingerprint density at radius 1 is 1.22 bits per heavy atom. The molecule has 1 aromatic heterocycles. The lowest BCUT2D eigenvalue weighted by atomic mass is 9.96. The molecule has 0 saturated heterocycles. The van der Waals surface area contributed by atoms with Crippen molar-refractivity contribution in [1.29, 1.82) is 0 Å². The van der Waals surface area contributed by atoms with E-state index in [-0.39, 0.29) is 17.7 Å². The molecule has 0 aliphatic heterocycles. The molecule has 122 valence electrons. The van der Waals surface area contributed by atoms with Crippen LogP contribution in [-0.4, -0.2) is 28.7 Å². The molecule has 1 aliphatic carbocycles. The van der Waals surface area contributed by atoms with Crippen LogP contribution >= 0.6 is 11.8 Å². The van der Waals surface area contributed by atoms with Gasteiger partial charge in [-0.3, -0.25) is 10.1 Å². The second kappa shape index (κ2) is 7.50. The van der Waals surface area contributed by atoms with E-state index in [1.807, 2.05) is 24.3 Å². The number of hydrogen-bond acceptors (Lipinski definition) is 5. The van der Waals surface area contributed by atoms with E-state index in [0.29, 0.717) is 10.8 Å². The van der Waals surface area contributed by atoms with E-state index < -0.39 is 6.03 Å². The third-order valence-corrected chi connectivity index (χ3v) is 4.62. The van der Waals surface area contributed by atoms with Crippen molar-refractivity contribution >= 4 is 34.8 Å². The van der Waals surface area contributed by atoms with Crippen LogP contribution in [0.25, 0.3) is 11.1 Å². The highest BCUT2D eigenvalue weighted by Gasteiger charge is 2.17. The molecule has 2 N–H and O–H groups in total. The van der Waals surface area contributed by atoms with Gasteiger partial charge in [-0.1, -0.05) is 43.2 Å². The van der Waals surface area contributed by atoms with Crippen LogP contribution in [-0.2, 0) is 4.79 Å². The number of carbonyl (C=O) groups is 2. The first kappa shape index (κ1) is 15.9. The van der Waals surface area contributed by atoms with E-state index in [0.717, 1.165) is 31.2 Å². The Hall–Kier alpha value is -2.02. The first-order chi connectivity index (χ1) is 11.2. The van der Waals surface area contributed by atoms with Crippen molar-refractivity contribution in [1.82, 2.24) is 15.6 Å². The zero-order valence-corrected chi connectivity index (χ0v) is 13.5. The van der Waals surface area contributed by atoms with E-state index in [9.17, 15) is 9.59 Å². The van der Waals surface area contributed by atoms with Gasteiger partial charge < -0.3 is 9.73 Å². The molecule has 1 aliphatic rings. The highest BCUT2D eigenvalue weighted by molar-refractivity contribution is 7.99. The zero-order valence-electron chi connectivity index (χ0n) is 12.7. The molecule has 0 atom stereocenters. The van der Waals surface area contributed by atoms with E-state index in [4.69, 9.17) is 4.42 Å². The van der Waals surface area contributed by atoms with Gasteiger partial charge in [0.2, 0.25) is 5.91 Å². The lowest BCUT2D eigenvalue weighted by Gasteiger charge is -2.22. The van der Waals surface area contributed by atoms with Gasteiger partial charge in [0.05, 0.1) is 5.75 Å². The average Bonchev–Trinajstić information content (AvgIpc) is 2.96. The van der Waals surface area contributed by atoms with Gasteiger partial charge in [0.1, 0.15) is 5.52 Å². The number of amides is 3. The monoisotopic (exact) mass is 333 g/mol. The number of benzene rings is 1. The van der Waals surface area contributed by atoms with Crippen LogP contribution in [0.1, 0.15) is 32.1 Å². The summed E-state index contributed by atoms with van der Waals surface area (Å²) in [6.45, 7) is 0. The zero-order chi connectivity index (χ0) is 16.1. The molecule has 1 aromatic carbocycles. The first-order valence-corrected chi connectivity index (χ1v) is 8.78. The topological polar surface area (TPSA) is 84.2 Å². The summed E-state index contributed by atoms with van der Waals surface area (Å²) < 4.78 is 5.52. The van der Waals surface area contributed by atoms with Gasteiger partial charge >= 0.3 is 6.03 Å². The highest BCUT2D eigenvalue weighted by atomic mass is 32.2. The maximum atomic E-state index is 11.8. The highest BCUT2D eigenvalue weighted by Crippen LogP contribution is 2.22. The molecule has 6 nitrogen and oxygen atoms in total. The Balaban J connectivity index is 1.44. The van der Waals surface area contributed by atoms with Gasteiger partial charge in [0.15, 0.2) is 5.58 Å². The normalized spacial score (nSPS) is 15.5. The maximum absolute atomic E-state index is 11.8. The number of fused-ring (bicyclic) bond motifs is 1. The van der Waals surface area contributed by atoms with Crippen molar-refractivity contribution in [2.45, 2.75) is 43.4 Å². The van der Waals surface area contributed by atoms with Crippen molar-refractivity contribution in [2.24, 2.45) is 0 Å². The fourth-order valence-corrected chi connectivity index (χ4v) is 3.31. The number of thioether (sulfide) groups is 1. The van der Waals surface area contributed by atoms with Gasteiger partial charge in [0.25, 0.3) is 5.22 Å². The maximum Gasteiger partial charge on any atom is 0.321 e. The number of oxazole rings is 1. The van der Waals surface area contributed by atoms with Gasteiger partial charge in [-0.15, -0.1) is 0 Å². The molecule has 1 saturated carbocycles. The van der Waals surface area contributed by atoms with Crippen molar-refractivity contribution < 1.29 is 14.0 Å².